The van der Waals surface area contributed by atoms with Crippen molar-refractivity contribution in [3.8, 4) is 0 Å². The second kappa shape index (κ2) is 7.95. The quantitative estimate of drug-likeness (QED) is 0.866. The fourth-order valence-electron chi connectivity index (χ4n) is 2.71. The number of amides is 3. The van der Waals surface area contributed by atoms with Gasteiger partial charge in [0.2, 0.25) is 11.8 Å². The normalized spacial score (nSPS) is 17.0. The van der Waals surface area contributed by atoms with E-state index in [-0.39, 0.29) is 30.1 Å². The summed E-state index contributed by atoms with van der Waals surface area (Å²) in [5.74, 6) is -0.483. The Hall–Kier alpha value is -2.37. The van der Waals surface area contributed by atoms with Gasteiger partial charge in [0.05, 0.1) is 5.92 Å². The lowest BCUT2D eigenvalue weighted by Crippen LogP contribution is -2.29. The van der Waals surface area contributed by atoms with E-state index in [0.29, 0.717) is 17.8 Å². The van der Waals surface area contributed by atoms with Gasteiger partial charge in [0.25, 0.3) is 5.91 Å². The van der Waals surface area contributed by atoms with Crippen LogP contribution in [0, 0.1) is 5.92 Å². The maximum Gasteiger partial charge on any atom is 0.253 e. The molecular formula is C18H25N3O3. The van der Waals surface area contributed by atoms with Crippen molar-refractivity contribution in [1.82, 2.24) is 9.80 Å². The Balaban J connectivity index is 1.93. The van der Waals surface area contributed by atoms with Gasteiger partial charge < -0.3 is 15.1 Å². The average molecular weight is 331 g/mol. The van der Waals surface area contributed by atoms with E-state index in [0.717, 1.165) is 19.4 Å². The summed E-state index contributed by atoms with van der Waals surface area (Å²) in [5, 5.41) is 2.83. The predicted octanol–water partition coefficient (Wildman–Crippen LogP) is 1.98. The van der Waals surface area contributed by atoms with Crippen molar-refractivity contribution in [3.05, 3.63) is 29.8 Å². The third-order valence-corrected chi connectivity index (χ3v) is 4.17. The number of anilines is 1. The van der Waals surface area contributed by atoms with Crippen LogP contribution in [-0.4, -0.2) is 54.7 Å². The molecule has 2 rings (SSSR count). The molecule has 130 valence electrons. The molecule has 1 N–H and O–H groups in total. The lowest BCUT2D eigenvalue weighted by molar-refractivity contribution is -0.128. The first-order valence-electron chi connectivity index (χ1n) is 8.32. The summed E-state index contributed by atoms with van der Waals surface area (Å²) in [7, 11) is 3.39. The summed E-state index contributed by atoms with van der Waals surface area (Å²) < 4.78 is 0. The van der Waals surface area contributed by atoms with Crippen LogP contribution in [0.1, 0.15) is 36.5 Å². The summed E-state index contributed by atoms with van der Waals surface area (Å²) in [6.07, 6.45) is 2.26. The molecule has 0 radical (unpaired) electrons. The van der Waals surface area contributed by atoms with Crippen LogP contribution in [-0.2, 0) is 9.59 Å². The Bertz CT molecular complexity index is 610. The van der Waals surface area contributed by atoms with E-state index in [2.05, 4.69) is 12.2 Å². The van der Waals surface area contributed by atoms with Crippen LogP contribution in [0.25, 0.3) is 0 Å². The third-order valence-electron chi connectivity index (χ3n) is 4.17. The molecule has 0 saturated carbocycles. The van der Waals surface area contributed by atoms with Gasteiger partial charge in [0.15, 0.2) is 0 Å². The number of hydrogen-bond acceptors (Lipinski definition) is 3. The van der Waals surface area contributed by atoms with Gasteiger partial charge in [-0.15, -0.1) is 0 Å². The second-order valence-corrected chi connectivity index (χ2v) is 6.36. The van der Waals surface area contributed by atoms with E-state index in [1.807, 2.05) is 0 Å². The van der Waals surface area contributed by atoms with Crippen LogP contribution < -0.4 is 5.32 Å². The van der Waals surface area contributed by atoms with Crippen LogP contribution in [0.3, 0.4) is 0 Å². The summed E-state index contributed by atoms with van der Waals surface area (Å²) in [6.45, 7) is 3.29. The second-order valence-electron chi connectivity index (χ2n) is 6.36. The maximum absolute atomic E-state index is 12.3. The molecule has 1 fully saturated rings. The highest BCUT2D eigenvalue weighted by Crippen LogP contribution is 2.20. The minimum Gasteiger partial charge on any atom is -0.345 e. The Labute approximate surface area is 142 Å². The van der Waals surface area contributed by atoms with Crippen LogP contribution in [0.2, 0.25) is 0 Å². The Morgan fingerprint density at radius 1 is 1.25 bits per heavy atom. The van der Waals surface area contributed by atoms with Gasteiger partial charge in [-0.3, -0.25) is 14.4 Å². The molecule has 1 saturated heterocycles. The zero-order valence-corrected chi connectivity index (χ0v) is 14.5. The van der Waals surface area contributed by atoms with Crippen molar-refractivity contribution in [1.29, 1.82) is 0 Å². The number of carbonyl (C=O) groups is 3. The Morgan fingerprint density at radius 3 is 2.50 bits per heavy atom. The maximum atomic E-state index is 12.3. The van der Waals surface area contributed by atoms with Crippen LogP contribution >= 0.6 is 0 Å². The first kappa shape index (κ1) is 18.0. The van der Waals surface area contributed by atoms with Crippen molar-refractivity contribution >= 4 is 23.4 Å². The van der Waals surface area contributed by atoms with E-state index >= 15 is 0 Å². The molecule has 1 heterocycles. The number of carbonyl (C=O) groups excluding carboxylic acids is 3. The summed E-state index contributed by atoms with van der Waals surface area (Å²) in [6, 6.07) is 6.79. The Morgan fingerprint density at radius 2 is 1.92 bits per heavy atom. The fourth-order valence-corrected chi connectivity index (χ4v) is 2.71. The molecular weight excluding hydrogens is 306 g/mol. The first-order chi connectivity index (χ1) is 11.4. The molecule has 1 aromatic carbocycles. The molecule has 0 bridgehead atoms. The minimum atomic E-state index is -0.308. The molecule has 1 atom stereocenters. The van der Waals surface area contributed by atoms with Gasteiger partial charge in [0.1, 0.15) is 0 Å². The molecule has 1 unspecified atom stereocenters. The molecule has 0 aromatic heterocycles. The molecule has 3 amide bonds. The number of nitrogens with zero attached hydrogens (tertiary/aromatic N) is 2. The number of unbranched alkanes of at least 4 members (excludes halogenated alkanes) is 1. The van der Waals surface area contributed by atoms with Gasteiger partial charge in [-0.1, -0.05) is 13.3 Å². The molecule has 1 aliphatic rings. The smallest absolute Gasteiger partial charge is 0.253 e. The van der Waals surface area contributed by atoms with Crippen molar-refractivity contribution < 1.29 is 14.4 Å². The first-order valence-corrected chi connectivity index (χ1v) is 8.32. The van der Waals surface area contributed by atoms with Crippen molar-refractivity contribution in [2.75, 3.05) is 32.5 Å². The molecule has 0 aliphatic carbocycles. The van der Waals surface area contributed by atoms with Gasteiger partial charge in [0, 0.05) is 44.9 Å². The SMILES string of the molecule is CCCCN1CC(C(=O)Nc2ccc(C(=O)N(C)C)cc2)CC1=O. The van der Waals surface area contributed by atoms with Gasteiger partial charge in [-0.05, 0) is 30.7 Å². The van der Waals surface area contributed by atoms with Gasteiger partial charge in [-0.25, -0.2) is 0 Å². The average Bonchev–Trinajstić information content (AvgIpc) is 2.94. The van der Waals surface area contributed by atoms with Crippen LogP contribution in [0.15, 0.2) is 24.3 Å². The highest BCUT2D eigenvalue weighted by atomic mass is 16.2. The van der Waals surface area contributed by atoms with Gasteiger partial charge >= 0.3 is 0 Å². The topological polar surface area (TPSA) is 69.7 Å². The largest absolute Gasteiger partial charge is 0.345 e. The molecule has 0 spiro atoms. The monoisotopic (exact) mass is 331 g/mol. The fraction of sp³-hybridized carbons (Fsp3) is 0.500. The number of benzene rings is 1. The van der Waals surface area contributed by atoms with Crippen molar-refractivity contribution in [3.63, 3.8) is 0 Å². The number of nitrogens with one attached hydrogen (secondary N) is 1. The molecule has 1 aromatic rings. The zero-order valence-electron chi connectivity index (χ0n) is 14.5. The molecule has 1 aliphatic heterocycles. The number of hydrogen-bond donors (Lipinski definition) is 1. The van der Waals surface area contributed by atoms with E-state index < -0.39 is 0 Å². The summed E-state index contributed by atoms with van der Waals surface area (Å²) in [5.41, 5.74) is 1.20. The third kappa shape index (κ3) is 4.34. The highest BCUT2D eigenvalue weighted by molar-refractivity contribution is 5.98. The zero-order chi connectivity index (χ0) is 17.7. The molecule has 24 heavy (non-hydrogen) atoms. The van der Waals surface area contributed by atoms with E-state index in [1.54, 1.807) is 43.3 Å². The summed E-state index contributed by atoms with van der Waals surface area (Å²) >= 11 is 0. The Kier molecular flexibility index (Phi) is 5.95. The van der Waals surface area contributed by atoms with Crippen LogP contribution in [0.5, 0.6) is 0 Å². The van der Waals surface area contributed by atoms with E-state index in [9.17, 15) is 14.4 Å². The van der Waals surface area contributed by atoms with Crippen molar-refractivity contribution in [2.45, 2.75) is 26.2 Å². The minimum absolute atomic E-state index is 0.0514. The number of rotatable bonds is 6. The van der Waals surface area contributed by atoms with Gasteiger partial charge in [-0.2, -0.15) is 0 Å². The molecule has 6 nitrogen and oxygen atoms in total. The van der Waals surface area contributed by atoms with Crippen LogP contribution in [0.4, 0.5) is 5.69 Å². The molecule has 6 heteroatoms. The summed E-state index contributed by atoms with van der Waals surface area (Å²) in [4.78, 5) is 39.4. The predicted molar refractivity (Wildman–Crippen MR) is 92.7 cm³/mol. The highest BCUT2D eigenvalue weighted by Gasteiger charge is 2.33. The van der Waals surface area contributed by atoms with E-state index in [4.69, 9.17) is 0 Å². The lowest BCUT2D eigenvalue weighted by Gasteiger charge is -2.16. The van der Waals surface area contributed by atoms with E-state index in [1.165, 1.54) is 4.90 Å². The van der Waals surface area contributed by atoms with Crippen molar-refractivity contribution in [2.24, 2.45) is 5.92 Å². The number of likely N-dealkylation sites (tertiary alicyclic amines) is 1. The standard InChI is InChI=1S/C18H25N3O3/c1-4-5-10-21-12-14(11-16(21)22)17(23)19-15-8-6-13(7-9-15)18(24)20(2)3/h6-9,14H,4-5,10-12H2,1-3H3,(H,19,23). The lowest BCUT2D eigenvalue weighted by atomic mass is 10.1.